The number of rotatable bonds is 3. The van der Waals surface area contributed by atoms with E-state index in [9.17, 15) is 0 Å². The Morgan fingerprint density at radius 2 is 2.27 bits per heavy atom. The maximum atomic E-state index is 6.07. The van der Waals surface area contributed by atoms with Gasteiger partial charge in [0.25, 0.3) is 0 Å². The summed E-state index contributed by atoms with van der Waals surface area (Å²) >= 11 is 12.0. The van der Waals surface area contributed by atoms with Crippen molar-refractivity contribution in [3.63, 3.8) is 0 Å². The Labute approximate surface area is 100.0 Å². The van der Waals surface area contributed by atoms with Crippen LogP contribution in [0.2, 0.25) is 10.0 Å². The molecule has 1 unspecified atom stereocenters. The van der Waals surface area contributed by atoms with Crippen LogP contribution in [0.4, 0.5) is 0 Å². The van der Waals surface area contributed by atoms with Crippen LogP contribution in [0.25, 0.3) is 0 Å². The Morgan fingerprint density at radius 3 is 3.00 bits per heavy atom. The van der Waals surface area contributed by atoms with Gasteiger partial charge in [-0.25, -0.2) is 0 Å². The van der Waals surface area contributed by atoms with E-state index in [2.05, 4.69) is 10.6 Å². The molecule has 0 amide bonds. The van der Waals surface area contributed by atoms with E-state index in [4.69, 9.17) is 23.2 Å². The van der Waals surface area contributed by atoms with Crippen molar-refractivity contribution in [1.29, 1.82) is 0 Å². The molecule has 0 aliphatic carbocycles. The molecule has 2 rings (SSSR count). The molecule has 0 saturated carbocycles. The van der Waals surface area contributed by atoms with Gasteiger partial charge in [-0.15, -0.1) is 0 Å². The fourth-order valence-corrected chi connectivity index (χ4v) is 2.14. The summed E-state index contributed by atoms with van der Waals surface area (Å²) < 4.78 is 0. The third-order valence-electron chi connectivity index (χ3n) is 2.65. The molecule has 15 heavy (non-hydrogen) atoms. The quantitative estimate of drug-likeness (QED) is 0.854. The highest BCUT2D eigenvalue weighted by Gasteiger charge is 2.13. The maximum Gasteiger partial charge on any atom is 0.0451 e. The van der Waals surface area contributed by atoms with E-state index in [1.54, 1.807) is 0 Å². The van der Waals surface area contributed by atoms with E-state index >= 15 is 0 Å². The van der Waals surface area contributed by atoms with Crippen LogP contribution in [0.15, 0.2) is 18.2 Å². The predicted molar refractivity (Wildman–Crippen MR) is 64.6 cm³/mol. The van der Waals surface area contributed by atoms with Gasteiger partial charge in [-0.1, -0.05) is 23.2 Å². The number of hydrogen-bond donors (Lipinski definition) is 2. The van der Waals surface area contributed by atoms with Crippen LogP contribution in [0, 0.1) is 0 Å². The average molecular weight is 245 g/mol. The molecule has 2 nitrogen and oxygen atoms in total. The van der Waals surface area contributed by atoms with E-state index in [0.717, 1.165) is 35.2 Å². The zero-order chi connectivity index (χ0) is 10.7. The third-order valence-corrected chi connectivity index (χ3v) is 3.25. The van der Waals surface area contributed by atoms with Crippen LogP contribution in [0.3, 0.4) is 0 Å². The number of halogens is 2. The number of benzene rings is 1. The monoisotopic (exact) mass is 244 g/mol. The fraction of sp³-hybridized carbons (Fsp3) is 0.455. The first-order chi connectivity index (χ1) is 7.25. The average Bonchev–Trinajstić information content (AvgIpc) is 2.72. The Kier molecular flexibility index (Phi) is 3.87. The summed E-state index contributed by atoms with van der Waals surface area (Å²) in [7, 11) is 0. The minimum Gasteiger partial charge on any atom is -0.315 e. The van der Waals surface area contributed by atoms with Crippen LogP contribution < -0.4 is 10.6 Å². The van der Waals surface area contributed by atoms with Gasteiger partial charge in [0, 0.05) is 29.2 Å². The largest absolute Gasteiger partial charge is 0.315 e. The molecule has 4 heteroatoms. The van der Waals surface area contributed by atoms with Gasteiger partial charge in [0.15, 0.2) is 0 Å². The Bertz CT molecular complexity index is 335. The van der Waals surface area contributed by atoms with Gasteiger partial charge < -0.3 is 10.6 Å². The molecule has 0 radical (unpaired) electrons. The number of nitrogens with one attached hydrogen (secondary N) is 2. The molecule has 1 fully saturated rings. The molecule has 0 spiro atoms. The van der Waals surface area contributed by atoms with Crippen LogP contribution >= 0.6 is 23.2 Å². The van der Waals surface area contributed by atoms with Crippen molar-refractivity contribution in [1.82, 2.24) is 10.6 Å². The molecule has 1 saturated heterocycles. The van der Waals surface area contributed by atoms with Crippen LogP contribution in [0.1, 0.15) is 12.0 Å². The standard InChI is InChI=1S/C11H14Cl2N2/c12-9-1-2-11(13)8(5-9)6-15-10-3-4-14-7-10/h1-2,5,10,14-15H,3-4,6-7H2. The second-order valence-corrected chi connectivity index (χ2v) is 4.65. The van der Waals surface area contributed by atoms with Gasteiger partial charge >= 0.3 is 0 Å². The summed E-state index contributed by atoms with van der Waals surface area (Å²) in [6.45, 7) is 2.92. The van der Waals surface area contributed by atoms with Crippen LogP contribution in [0.5, 0.6) is 0 Å². The van der Waals surface area contributed by atoms with E-state index in [0.29, 0.717) is 6.04 Å². The molecule has 1 aromatic carbocycles. The molecule has 1 atom stereocenters. The molecule has 1 heterocycles. The Hall–Kier alpha value is -0.280. The molecule has 1 aliphatic heterocycles. The van der Waals surface area contributed by atoms with Crippen molar-refractivity contribution in [3.8, 4) is 0 Å². The zero-order valence-corrected chi connectivity index (χ0v) is 9.91. The van der Waals surface area contributed by atoms with Crippen molar-refractivity contribution in [2.75, 3.05) is 13.1 Å². The van der Waals surface area contributed by atoms with Crippen molar-refractivity contribution in [2.45, 2.75) is 19.0 Å². The predicted octanol–water partition coefficient (Wildman–Crippen LogP) is 2.44. The lowest BCUT2D eigenvalue weighted by Crippen LogP contribution is -2.30. The molecule has 1 aromatic rings. The van der Waals surface area contributed by atoms with Crippen molar-refractivity contribution in [2.24, 2.45) is 0 Å². The van der Waals surface area contributed by atoms with E-state index < -0.39 is 0 Å². The SMILES string of the molecule is Clc1ccc(Cl)c(CNC2CCNC2)c1. The fourth-order valence-electron chi connectivity index (χ4n) is 1.76. The van der Waals surface area contributed by atoms with Gasteiger partial charge in [0.1, 0.15) is 0 Å². The van der Waals surface area contributed by atoms with E-state index in [1.165, 1.54) is 6.42 Å². The van der Waals surface area contributed by atoms with Gasteiger partial charge in [0.2, 0.25) is 0 Å². The summed E-state index contributed by atoms with van der Waals surface area (Å²) in [6, 6.07) is 6.12. The van der Waals surface area contributed by atoms with Gasteiger partial charge in [-0.3, -0.25) is 0 Å². The van der Waals surface area contributed by atoms with Crippen LogP contribution in [-0.4, -0.2) is 19.1 Å². The van der Waals surface area contributed by atoms with Crippen molar-refractivity contribution in [3.05, 3.63) is 33.8 Å². The first kappa shape index (κ1) is 11.2. The van der Waals surface area contributed by atoms with E-state index in [-0.39, 0.29) is 0 Å². The van der Waals surface area contributed by atoms with Gasteiger partial charge in [0.05, 0.1) is 0 Å². The molecule has 1 aliphatic rings. The molecular weight excluding hydrogens is 231 g/mol. The lowest BCUT2D eigenvalue weighted by molar-refractivity contribution is 0.547. The molecule has 2 N–H and O–H groups in total. The summed E-state index contributed by atoms with van der Waals surface area (Å²) in [5.41, 5.74) is 1.07. The van der Waals surface area contributed by atoms with Crippen LogP contribution in [-0.2, 0) is 6.54 Å². The molecule has 82 valence electrons. The highest BCUT2D eigenvalue weighted by molar-refractivity contribution is 6.33. The zero-order valence-electron chi connectivity index (χ0n) is 8.39. The minimum atomic E-state index is 0.556. The summed E-state index contributed by atoms with van der Waals surface area (Å²) in [5, 5.41) is 8.29. The maximum absolute atomic E-state index is 6.07. The molecule has 0 bridgehead atoms. The first-order valence-corrected chi connectivity index (χ1v) is 5.89. The highest BCUT2D eigenvalue weighted by atomic mass is 35.5. The first-order valence-electron chi connectivity index (χ1n) is 5.14. The summed E-state index contributed by atoms with van der Waals surface area (Å²) in [5.74, 6) is 0. The summed E-state index contributed by atoms with van der Waals surface area (Å²) in [6.07, 6.45) is 1.18. The second-order valence-electron chi connectivity index (χ2n) is 3.81. The summed E-state index contributed by atoms with van der Waals surface area (Å²) in [4.78, 5) is 0. The normalized spacial score (nSPS) is 20.8. The van der Waals surface area contributed by atoms with Gasteiger partial charge in [-0.05, 0) is 36.7 Å². The lowest BCUT2D eigenvalue weighted by Gasteiger charge is -2.12. The smallest absolute Gasteiger partial charge is 0.0451 e. The van der Waals surface area contributed by atoms with Gasteiger partial charge in [-0.2, -0.15) is 0 Å². The van der Waals surface area contributed by atoms with Crippen molar-refractivity contribution < 1.29 is 0 Å². The third kappa shape index (κ3) is 3.08. The lowest BCUT2D eigenvalue weighted by atomic mass is 10.2. The second kappa shape index (κ2) is 5.17. The minimum absolute atomic E-state index is 0.556. The topological polar surface area (TPSA) is 24.1 Å². The molecular formula is C11H14Cl2N2. The Balaban J connectivity index is 1.94. The Morgan fingerprint density at radius 1 is 1.40 bits per heavy atom. The highest BCUT2D eigenvalue weighted by Crippen LogP contribution is 2.20. The van der Waals surface area contributed by atoms with E-state index in [1.807, 2.05) is 18.2 Å². The molecule has 0 aromatic heterocycles. The number of hydrogen-bond acceptors (Lipinski definition) is 2. The van der Waals surface area contributed by atoms with Crippen molar-refractivity contribution >= 4 is 23.2 Å².